The fraction of sp³-hybridized carbons (Fsp3) is 0.667. The summed E-state index contributed by atoms with van der Waals surface area (Å²) in [5.74, 6) is 1.96. The van der Waals surface area contributed by atoms with Crippen LogP contribution in [0.5, 0.6) is 0 Å². The van der Waals surface area contributed by atoms with E-state index in [1.54, 1.807) is 18.0 Å². The SMILES string of the molecule is CCN1CCN(CC(C)CNC(=O)CSCc2cccnc2)CC1. The van der Waals surface area contributed by atoms with Crippen LogP contribution in [0.1, 0.15) is 19.4 Å². The molecule has 2 rings (SSSR count). The van der Waals surface area contributed by atoms with Gasteiger partial charge in [-0.1, -0.05) is 19.9 Å². The zero-order chi connectivity index (χ0) is 17.2. The monoisotopic (exact) mass is 350 g/mol. The molecule has 2 heterocycles. The third-order valence-electron chi connectivity index (χ3n) is 4.35. The van der Waals surface area contributed by atoms with Gasteiger partial charge in [-0.05, 0) is 24.1 Å². The number of carbonyl (C=O) groups is 1. The van der Waals surface area contributed by atoms with Crippen LogP contribution in [0.4, 0.5) is 0 Å². The summed E-state index contributed by atoms with van der Waals surface area (Å²) < 4.78 is 0. The summed E-state index contributed by atoms with van der Waals surface area (Å²) >= 11 is 1.64. The Morgan fingerprint density at radius 3 is 2.75 bits per heavy atom. The highest BCUT2D eigenvalue weighted by atomic mass is 32.2. The van der Waals surface area contributed by atoms with E-state index in [4.69, 9.17) is 0 Å². The Balaban J connectivity index is 1.54. The van der Waals surface area contributed by atoms with Gasteiger partial charge in [0.05, 0.1) is 5.75 Å². The van der Waals surface area contributed by atoms with Crippen molar-refractivity contribution in [2.45, 2.75) is 19.6 Å². The average Bonchev–Trinajstić information content (AvgIpc) is 2.61. The summed E-state index contributed by atoms with van der Waals surface area (Å²) in [5.41, 5.74) is 1.16. The summed E-state index contributed by atoms with van der Waals surface area (Å²) in [6.45, 7) is 12.0. The van der Waals surface area contributed by atoms with Crippen LogP contribution < -0.4 is 5.32 Å². The molecule has 1 amide bonds. The number of likely N-dealkylation sites (N-methyl/N-ethyl adjacent to an activating group) is 1. The van der Waals surface area contributed by atoms with E-state index in [0.29, 0.717) is 11.7 Å². The van der Waals surface area contributed by atoms with Crippen molar-refractivity contribution in [1.82, 2.24) is 20.1 Å². The lowest BCUT2D eigenvalue weighted by atomic mass is 10.1. The molecule has 0 aromatic carbocycles. The van der Waals surface area contributed by atoms with Gasteiger partial charge >= 0.3 is 0 Å². The van der Waals surface area contributed by atoms with Crippen molar-refractivity contribution >= 4 is 17.7 Å². The fourth-order valence-corrected chi connectivity index (χ4v) is 3.67. The largest absolute Gasteiger partial charge is 0.355 e. The van der Waals surface area contributed by atoms with Gasteiger partial charge in [0.25, 0.3) is 0 Å². The van der Waals surface area contributed by atoms with Gasteiger partial charge in [-0.3, -0.25) is 9.78 Å². The summed E-state index contributed by atoms with van der Waals surface area (Å²) in [6.07, 6.45) is 3.62. The van der Waals surface area contributed by atoms with Crippen LogP contribution in [-0.4, -0.2) is 72.3 Å². The number of rotatable bonds is 9. The van der Waals surface area contributed by atoms with Gasteiger partial charge in [0.1, 0.15) is 0 Å². The van der Waals surface area contributed by atoms with Crippen LogP contribution >= 0.6 is 11.8 Å². The van der Waals surface area contributed by atoms with Gasteiger partial charge < -0.3 is 15.1 Å². The van der Waals surface area contributed by atoms with Gasteiger partial charge in [-0.15, -0.1) is 11.8 Å². The Bertz CT molecular complexity index is 477. The number of hydrogen-bond acceptors (Lipinski definition) is 5. The molecule has 1 fully saturated rings. The second-order valence-corrected chi connectivity index (χ2v) is 7.48. The molecule has 0 aliphatic carbocycles. The number of amides is 1. The van der Waals surface area contributed by atoms with Gasteiger partial charge in [0.2, 0.25) is 5.91 Å². The quantitative estimate of drug-likeness (QED) is 0.735. The summed E-state index contributed by atoms with van der Waals surface area (Å²) in [7, 11) is 0. The summed E-state index contributed by atoms with van der Waals surface area (Å²) in [5, 5.41) is 3.07. The predicted octanol–water partition coefficient (Wildman–Crippen LogP) is 1.70. The van der Waals surface area contributed by atoms with E-state index in [9.17, 15) is 4.79 Å². The lowest BCUT2D eigenvalue weighted by molar-refractivity contribution is -0.118. The number of nitrogens with one attached hydrogen (secondary N) is 1. The van der Waals surface area contributed by atoms with E-state index >= 15 is 0 Å². The number of pyridine rings is 1. The Morgan fingerprint density at radius 1 is 1.33 bits per heavy atom. The van der Waals surface area contributed by atoms with Gasteiger partial charge in [-0.25, -0.2) is 0 Å². The number of nitrogens with zero attached hydrogens (tertiary/aromatic N) is 3. The summed E-state index contributed by atoms with van der Waals surface area (Å²) in [6, 6.07) is 3.97. The van der Waals surface area contributed by atoms with Crippen LogP contribution in [-0.2, 0) is 10.5 Å². The van der Waals surface area contributed by atoms with Gasteiger partial charge in [0, 0.05) is 57.4 Å². The van der Waals surface area contributed by atoms with Crippen molar-refractivity contribution < 1.29 is 4.79 Å². The molecule has 1 aliphatic rings. The normalized spacial score (nSPS) is 17.6. The maximum Gasteiger partial charge on any atom is 0.230 e. The van der Waals surface area contributed by atoms with Crippen molar-refractivity contribution in [3.8, 4) is 0 Å². The third-order valence-corrected chi connectivity index (χ3v) is 5.36. The second kappa shape index (κ2) is 10.7. The highest BCUT2D eigenvalue weighted by Gasteiger charge is 2.17. The third kappa shape index (κ3) is 7.20. The molecule has 1 saturated heterocycles. The lowest BCUT2D eigenvalue weighted by Crippen LogP contribution is -2.48. The predicted molar refractivity (Wildman–Crippen MR) is 101 cm³/mol. The van der Waals surface area contributed by atoms with E-state index < -0.39 is 0 Å². The molecule has 5 nitrogen and oxygen atoms in total. The Morgan fingerprint density at radius 2 is 2.08 bits per heavy atom. The maximum atomic E-state index is 11.9. The first-order valence-electron chi connectivity index (χ1n) is 8.85. The van der Waals surface area contributed by atoms with Crippen molar-refractivity contribution in [2.24, 2.45) is 5.92 Å². The van der Waals surface area contributed by atoms with Crippen LogP contribution in [0.15, 0.2) is 24.5 Å². The zero-order valence-electron chi connectivity index (χ0n) is 14.9. The standard InChI is InChI=1S/C18H30N4OS/c1-3-21-7-9-22(10-8-21)13-16(2)11-20-18(23)15-24-14-17-5-4-6-19-12-17/h4-6,12,16H,3,7-11,13-15H2,1-2H3,(H,20,23). The van der Waals surface area contributed by atoms with Crippen molar-refractivity contribution in [3.63, 3.8) is 0 Å². The van der Waals surface area contributed by atoms with E-state index in [1.807, 2.05) is 18.3 Å². The molecule has 1 atom stereocenters. The Labute approximate surface area is 150 Å². The number of hydrogen-bond donors (Lipinski definition) is 1. The van der Waals surface area contributed by atoms with E-state index in [1.165, 1.54) is 13.1 Å². The number of aromatic nitrogens is 1. The Kier molecular flexibility index (Phi) is 8.56. The first kappa shape index (κ1) is 19.2. The van der Waals surface area contributed by atoms with Gasteiger partial charge in [0.15, 0.2) is 0 Å². The topological polar surface area (TPSA) is 48.5 Å². The van der Waals surface area contributed by atoms with Crippen LogP contribution in [0.2, 0.25) is 0 Å². The molecule has 0 spiro atoms. The molecule has 0 saturated carbocycles. The molecular formula is C18H30N4OS. The number of carbonyl (C=O) groups excluding carboxylic acids is 1. The zero-order valence-corrected chi connectivity index (χ0v) is 15.7. The van der Waals surface area contributed by atoms with E-state index in [0.717, 1.165) is 44.0 Å². The smallest absolute Gasteiger partial charge is 0.230 e. The molecule has 1 aromatic heterocycles. The number of piperazine rings is 1. The minimum absolute atomic E-state index is 0.131. The minimum Gasteiger partial charge on any atom is -0.355 e. The molecule has 134 valence electrons. The molecule has 1 aromatic rings. The van der Waals surface area contributed by atoms with Gasteiger partial charge in [-0.2, -0.15) is 0 Å². The highest BCUT2D eigenvalue weighted by molar-refractivity contribution is 7.99. The molecule has 1 N–H and O–H groups in total. The van der Waals surface area contributed by atoms with Crippen LogP contribution in [0.25, 0.3) is 0 Å². The van der Waals surface area contributed by atoms with Crippen molar-refractivity contribution in [1.29, 1.82) is 0 Å². The second-order valence-electron chi connectivity index (χ2n) is 6.50. The molecule has 1 aliphatic heterocycles. The molecular weight excluding hydrogens is 320 g/mol. The van der Waals surface area contributed by atoms with E-state index in [-0.39, 0.29) is 5.91 Å². The maximum absolute atomic E-state index is 11.9. The molecule has 1 unspecified atom stereocenters. The molecule has 24 heavy (non-hydrogen) atoms. The first-order chi connectivity index (χ1) is 11.7. The van der Waals surface area contributed by atoms with Crippen LogP contribution in [0, 0.1) is 5.92 Å². The number of thioether (sulfide) groups is 1. The Hall–Kier alpha value is -1.11. The molecule has 0 bridgehead atoms. The lowest BCUT2D eigenvalue weighted by Gasteiger charge is -2.35. The summed E-state index contributed by atoms with van der Waals surface area (Å²) in [4.78, 5) is 21.0. The minimum atomic E-state index is 0.131. The van der Waals surface area contributed by atoms with E-state index in [2.05, 4.69) is 33.9 Å². The fourth-order valence-electron chi connectivity index (χ4n) is 2.88. The molecule has 0 radical (unpaired) electrons. The first-order valence-corrected chi connectivity index (χ1v) is 10.0. The average molecular weight is 351 g/mol. The van der Waals surface area contributed by atoms with Crippen LogP contribution in [0.3, 0.4) is 0 Å². The molecule has 6 heteroatoms. The van der Waals surface area contributed by atoms with Crippen molar-refractivity contribution in [3.05, 3.63) is 30.1 Å². The van der Waals surface area contributed by atoms with Crippen molar-refractivity contribution in [2.75, 3.05) is 51.6 Å². The highest BCUT2D eigenvalue weighted by Crippen LogP contribution is 2.10.